The van der Waals surface area contributed by atoms with Crippen LogP contribution in [0.2, 0.25) is 0 Å². The Bertz CT molecular complexity index is 2710. The molecule has 0 spiro atoms. The number of hydrogen-bond acceptors (Lipinski definition) is 13. The molecule has 0 bridgehead atoms. The Balaban J connectivity index is 1.60. The zero-order valence-electron chi connectivity index (χ0n) is 49.6. The molecule has 466 valence electrons. The van der Waals surface area contributed by atoms with Gasteiger partial charge in [0.15, 0.2) is 5.96 Å². The van der Waals surface area contributed by atoms with E-state index in [1.807, 2.05) is 13.8 Å². The first kappa shape index (κ1) is 67.6. The fourth-order valence-corrected chi connectivity index (χ4v) is 10.7. The average Bonchev–Trinajstić information content (AvgIpc) is 4.06. The summed E-state index contributed by atoms with van der Waals surface area (Å²) in [6, 6.07) is 3.29. The zero-order chi connectivity index (χ0) is 62.7. The van der Waals surface area contributed by atoms with Gasteiger partial charge in [0.05, 0.1) is 12.5 Å². The normalized spacial score (nSPS) is 26.2. The summed E-state index contributed by atoms with van der Waals surface area (Å²) in [5.74, 6) is -11.2. The second-order valence-electron chi connectivity index (χ2n) is 23.4. The Morgan fingerprint density at radius 1 is 0.529 bits per heavy atom. The van der Waals surface area contributed by atoms with Gasteiger partial charge in [-0.2, -0.15) is 0 Å². The Kier molecular flexibility index (Phi) is 25.6. The highest BCUT2D eigenvalue weighted by Crippen LogP contribution is 2.23. The van der Waals surface area contributed by atoms with Gasteiger partial charge in [-0.05, 0) is 87.2 Å². The number of nitrogens with two attached hydrogens (primary N) is 2. The molecule has 0 unspecified atom stereocenters. The van der Waals surface area contributed by atoms with Gasteiger partial charge in [0, 0.05) is 32.5 Å². The molecule has 2 aromatic rings. The molecule has 26 nitrogen and oxygen atoms in total. The van der Waals surface area contributed by atoms with E-state index in [2.05, 4.69) is 47.5 Å². The molecule has 0 aromatic heterocycles. The molecule has 0 aliphatic carbocycles. The smallest absolute Gasteiger partial charge is 0.305 e. The zero-order valence-corrected chi connectivity index (χ0v) is 49.6. The number of aliphatic carboxylic acids is 1. The molecule has 3 aliphatic heterocycles. The highest BCUT2D eigenvalue weighted by molar-refractivity contribution is 6.00. The Morgan fingerprint density at radius 3 is 1.35 bits per heavy atom. The van der Waals surface area contributed by atoms with Crippen molar-refractivity contribution >= 4 is 71.0 Å². The van der Waals surface area contributed by atoms with E-state index >= 15 is 0 Å². The van der Waals surface area contributed by atoms with Crippen LogP contribution in [0.5, 0.6) is 0 Å². The van der Waals surface area contributed by atoms with Crippen LogP contribution in [0.15, 0.2) is 65.7 Å². The molecule has 14 N–H and O–H groups in total. The minimum atomic E-state index is -1.87. The average molecular weight is 1190 g/mol. The van der Waals surface area contributed by atoms with Crippen molar-refractivity contribution in [3.8, 4) is 0 Å². The molecule has 3 saturated heterocycles. The van der Waals surface area contributed by atoms with Crippen LogP contribution in [-0.2, 0) is 65.6 Å². The van der Waals surface area contributed by atoms with Crippen molar-refractivity contribution in [1.29, 1.82) is 0 Å². The number of rotatable bonds is 16. The summed E-state index contributed by atoms with van der Waals surface area (Å²) in [6.07, 6.45) is -1.77. The Labute approximate surface area is 495 Å². The maximum Gasteiger partial charge on any atom is 0.305 e. The largest absolute Gasteiger partial charge is 0.481 e. The predicted octanol–water partition coefficient (Wildman–Crippen LogP) is -0.997. The van der Waals surface area contributed by atoms with E-state index in [1.54, 1.807) is 88.4 Å². The second kappa shape index (κ2) is 32.2. The number of hydrogen-bond donors (Lipinski definition) is 12. The number of nitrogens with zero attached hydrogens (tertiary/aromatic N) is 3. The van der Waals surface area contributed by atoms with Crippen LogP contribution in [0, 0.1) is 17.8 Å². The van der Waals surface area contributed by atoms with Gasteiger partial charge in [-0.1, -0.05) is 102 Å². The van der Waals surface area contributed by atoms with E-state index in [0.717, 1.165) is 0 Å². The third-order valence-corrected chi connectivity index (χ3v) is 15.1. The van der Waals surface area contributed by atoms with Crippen molar-refractivity contribution in [2.45, 2.75) is 186 Å². The molecular formula is C59H87N13O13. The highest BCUT2D eigenvalue weighted by atomic mass is 16.4. The summed E-state index contributed by atoms with van der Waals surface area (Å²) in [4.78, 5) is 164. The van der Waals surface area contributed by atoms with Crippen LogP contribution in [-0.4, -0.2) is 177 Å². The standard InChI is InChI=1S/C59H87N13O13/c1-32(2)27-39-50(77)67-42(29-36-17-10-8-11-18-36)57(84)71-25-15-22-44(71)53(80)65-41(31-46(74)75)52(79)70-48(35(7)73)56(83)66-40(28-33(3)4)51(78)68-43(30-37-19-12-9-13-20-37)58(85)72-26-16-23-45(72)54(81)69-47(34(5)6)55(82)63-38(49(76)64-39)21-14-24-62-59(60)61/h8-13,17-20,32-35,38-45,47-48,73H,14-16,21-31H2,1-7H3,(H,63,82)(H,64,76)(H,65,80)(H,66,83)(H,67,77)(H,68,78)(H,69,81)(H,70,79)(H,74,75)(H4,60,61,62)/t35-,38+,39+,40+,41+,42-,43-,44+,45+,47+,48+/m1/s1. The molecule has 3 aliphatic rings. The minimum absolute atomic E-state index is 0.00849. The lowest BCUT2D eigenvalue weighted by Crippen LogP contribution is -2.62. The van der Waals surface area contributed by atoms with Crippen molar-refractivity contribution < 1.29 is 63.0 Å². The summed E-state index contributed by atoms with van der Waals surface area (Å²) in [6.45, 7) is 11.8. The number of guanidine groups is 1. The fourth-order valence-electron chi connectivity index (χ4n) is 10.7. The van der Waals surface area contributed by atoms with Gasteiger partial charge in [0.2, 0.25) is 59.1 Å². The lowest BCUT2D eigenvalue weighted by molar-refractivity contribution is -0.144. The van der Waals surface area contributed by atoms with Gasteiger partial charge < -0.3 is 74.0 Å². The monoisotopic (exact) mass is 1190 g/mol. The van der Waals surface area contributed by atoms with Crippen LogP contribution in [0.1, 0.15) is 117 Å². The number of carboxylic acids is 1. The van der Waals surface area contributed by atoms with Crippen LogP contribution in [0.25, 0.3) is 0 Å². The summed E-state index contributed by atoms with van der Waals surface area (Å²) in [5, 5.41) is 42.3. The molecule has 3 fully saturated rings. The molecular weight excluding hydrogens is 1100 g/mol. The van der Waals surface area contributed by atoms with E-state index in [0.29, 0.717) is 17.5 Å². The minimum Gasteiger partial charge on any atom is -0.481 e. The van der Waals surface area contributed by atoms with Gasteiger partial charge in [0.25, 0.3) is 0 Å². The molecule has 26 heteroatoms. The van der Waals surface area contributed by atoms with Gasteiger partial charge >= 0.3 is 5.97 Å². The molecule has 0 radical (unpaired) electrons. The van der Waals surface area contributed by atoms with E-state index in [-0.39, 0.29) is 95.2 Å². The summed E-state index contributed by atoms with van der Waals surface area (Å²) in [5.41, 5.74) is 12.4. The number of aliphatic hydroxyl groups excluding tert-OH is 1. The molecule has 85 heavy (non-hydrogen) atoms. The van der Waals surface area contributed by atoms with Crippen LogP contribution >= 0.6 is 0 Å². The lowest BCUT2D eigenvalue weighted by atomic mass is 9.99. The number of nitrogens with one attached hydrogen (secondary N) is 8. The van der Waals surface area contributed by atoms with Crippen LogP contribution in [0.3, 0.4) is 0 Å². The molecule has 10 amide bonds. The molecule has 11 atom stereocenters. The third kappa shape index (κ3) is 20.3. The van der Waals surface area contributed by atoms with Crippen LogP contribution in [0.4, 0.5) is 0 Å². The number of carbonyl (C=O) groups excluding carboxylic acids is 10. The number of benzene rings is 2. The van der Waals surface area contributed by atoms with Crippen molar-refractivity contribution in [2.75, 3.05) is 19.6 Å². The lowest BCUT2D eigenvalue weighted by Gasteiger charge is -2.32. The number of fused-ring (bicyclic) bond motifs is 2. The van der Waals surface area contributed by atoms with Gasteiger partial charge in [0.1, 0.15) is 60.4 Å². The SMILES string of the molecule is CC(C)C[C@@H]1NC(=O)[C@H](CCCN=C(N)N)NC(=O)[C@H](C(C)C)NC(=O)[C@@H]2CCCN2C(=O)[C@@H](Cc2ccccc2)NC(=O)[C@H](CC(C)C)NC(=O)[C@H]([C@@H](C)O)NC(=O)[C@H](CC(=O)O)NC(=O)[C@@H]2CCCN2C(=O)[C@@H](Cc2ccccc2)NC1=O. The van der Waals surface area contributed by atoms with Crippen LogP contribution < -0.4 is 54.0 Å². The van der Waals surface area contributed by atoms with Crippen molar-refractivity contribution in [1.82, 2.24) is 52.3 Å². The summed E-state index contributed by atoms with van der Waals surface area (Å²) >= 11 is 0. The van der Waals surface area contributed by atoms with E-state index in [4.69, 9.17) is 11.5 Å². The predicted molar refractivity (Wildman–Crippen MR) is 313 cm³/mol. The Morgan fingerprint density at radius 2 is 0.918 bits per heavy atom. The van der Waals surface area contributed by atoms with Gasteiger partial charge in [-0.25, -0.2) is 0 Å². The summed E-state index contributed by atoms with van der Waals surface area (Å²) < 4.78 is 0. The molecule has 0 saturated carbocycles. The molecule has 5 rings (SSSR count). The third-order valence-electron chi connectivity index (χ3n) is 15.1. The fraction of sp³-hybridized carbons (Fsp3) is 0.593. The topological polar surface area (TPSA) is 395 Å². The quantitative estimate of drug-likeness (QED) is 0.0545. The maximum absolute atomic E-state index is 14.9. The molecule has 2 aromatic carbocycles. The van der Waals surface area contributed by atoms with E-state index < -0.39 is 144 Å². The maximum atomic E-state index is 14.9. The van der Waals surface area contributed by atoms with E-state index in [9.17, 15) is 63.0 Å². The van der Waals surface area contributed by atoms with E-state index in [1.165, 1.54) is 16.7 Å². The van der Waals surface area contributed by atoms with Gasteiger partial charge in [-0.3, -0.25) is 57.7 Å². The number of amides is 10. The first-order chi connectivity index (χ1) is 40.2. The first-order valence-electron chi connectivity index (χ1n) is 29.3. The first-order valence-corrected chi connectivity index (χ1v) is 29.3. The highest BCUT2D eigenvalue weighted by Gasteiger charge is 2.43. The number of aliphatic hydroxyl groups is 1. The number of carbonyl (C=O) groups is 11. The number of aliphatic imine (C=N–C) groups is 1. The van der Waals surface area contributed by atoms with Crippen molar-refractivity contribution in [3.63, 3.8) is 0 Å². The Hall–Kier alpha value is -8.16. The summed E-state index contributed by atoms with van der Waals surface area (Å²) in [7, 11) is 0. The van der Waals surface area contributed by atoms with Crippen molar-refractivity contribution in [3.05, 3.63) is 71.8 Å². The second-order valence-corrected chi connectivity index (χ2v) is 23.4. The van der Waals surface area contributed by atoms with Crippen molar-refractivity contribution in [2.24, 2.45) is 34.2 Å². The molecule has 3 heterocycles. The van der Waals surface area contributed by atoms with Gasteiger partial charge in [-0.15, -0.1) is 0 Å². The number of carboxylic acid groups (broad SMARTS) is 1.